The van der Waals surface area contributed by atoms with Gasteiger partial charge in [-0.15, -0.1) is 11.3 Å². The standard InChI is InChI=1S/C23H28N4O5S/c1-6-32-19(29)12-16(17-8-7-11-33-17)25-18(28)10-9-15-13(2)20-21(24-14(15)3)26(4)23(31)27(5)22(20)30/h7-8,11,16H,6,9-10,12H2,1-5H3,(H,25,28)/t16-/m0/s1. The Balaban J connectivity index is 1.83. The van der Waals surface area contributed by atoms with Gasteiger partial charge in [-0.3, -0.25) is 23.5 Å². The molecular weight excluding hydrogens is 444 g/mol. The van der Waals surface area contributed by atoms with E-state index in [-0.39, 0.29) is 31.3 Å². The van der Waals surface area contributed by atoms with Crippen LogP contribution in [0.1, 0.15) is 47.5 Å². The summed E-state index contributed by atoms with van der Waals surface area (Å²) in [5.74, 6) is -0.590. The minimum atomic E-state index is -0.463. The van der Waals surface area contributed by atoms with Crippen molar-refractivity contribution in [3.63, 3.8) is 0 Å². The van der Waals surface area contributed by atoms with Gasteiger partial charge in [-0.2, -0.15) is 0 Å². The van der Waals surface area contributed by atoms with Gasteiger partial charge in [-0.05, 0) is 49.8 Å². The highest BCUT2D eigenvalue weighted by atomic mass is 32.1. The topological polar surface area (TPSA) is 112 Å². The maximum Gasteiger partial charge on any atom is 0.332 e. The molecule has 0 fully saturated rings. The summed E-state index contributed by atoms with van der Waals surface area (Å²) in [4.78, 5) is 55.1. The number of aryl methyl sites for hydroxylation is 3. The van der Waals surface area contributed by atoms with Crippen LogP contribution in [0, 0.1) is 13.8 Å². The van der Waals surface area contributed by atoms with Crippen LogP contribution in [0.25, 0.3) is 11.0 Å². The van der Waals surface area contributed by atoms with E-state index in [1.807, 2.05) is 24.4 Å². The van der Waals surface area contributed by atoms with E-state index < -0.39 is 17.3 Å². The minimum Gasteiger partial charge on any atom is -0.466 e. The maximum atomic E-state index is 12.8. The van der Waals surface area contributed by atoms with E-state index >= 15 is 0 Å². The van der Waals surface area contributed by atoms with Crippen molar-refractivity contribution in [2.45, 2.75) is 46.1 Å². The number of thiophene rings is 1. The van der Waals surface area contributed by atoms with Gasteiger partial charge in [0.25, 0.3) is 5.56 Å². The Morgan fingerprint density at radius 1 is 1.21 bits per heavy atom. The van der Waals surface area contributed by atoms with Crippen LogP contribution in [0.5, 0.6) is 0 Å². The number of carbonyl (C=O) groups excluding carboxylic acids is 2. The first-order valence-corrected chi connectivity index (χ1v) is 11.6. The molecule has 0 saturated carbocycles. The third kappa shape index (κ3) is 5.05. The van der Waals surface area contributed by atoms with Crippen LogP contribution in [-0.2, 0) is 34.8 Å². The smallest absolute Gasteiger partial charge is 0.332 e. The van der Waals surface area contributed by atoms with Crippen LogP contribution < -0.4 is 16.6 Å². The number of pyridine rings is 1. The van der Waals surface area contributed by atoms with Gasteiger partial charge in [-0.25, -0.2) is 9.78 Å². The molecule has 3 rings (SSSR count). The monoisotopic (exact) mass is 472 g/mol. The van der Waals surface area contributed by atoms with E-state index in [4.69, 9.17) is 4.74 Å². The summed E-state index contributed by atoms with van der Waals surface area (Å²) in [6, 6.07) is 3.28. The van der Waals surface area contributed by atoms with Crippen LogP contribution >= 0.6 is 11.3 Å². The fourth-order valence-corrected chi connectivity index (χ4v) is 4.69. The molecule has 10 heteroatoms. The average Bonchev–Trinajstić information content (AvgIpc) is 3.30. The molecular formula is C23H28N4O5S. The van der Waals surface area contributed by atoms with E-state index in [9.17, 15) is 19.2 Å². The van der Waals surface area contributed by atoms with Crippen molar-refractivity contribution >= 4 is 34.2 Å². The molecule has 0 aliphatic carbocycles. The lowest BCUT2D eigenvalue weighted by Gasteiger charge is -2.18. The fourth-order valence-electron chi connectivity index (χ4n) is 3.91. The highest BCUT2D eigenvalue weighted by Gasteiger charge is 2.21. The molecule has 3 heterocycles. The fraction of sp³-hybridized carbons (Fsp3) is 0.435. The quantitative estimate of drug-likeness (QED) is 0.502. The van der Waals surface area contributed by atoms with E-state index in [2.05, 4.69) is 10.3 Å². The van der Waals surface area contributed by atoms with E-state index in [0.29, 0.717) is 28.7 Å². The summed E-state index contributed by atoms with van der Waals surface area (Å²) < 4.78 is 7.46. The molecule has 1 amide bonds. The zero-order valence-electron chi connectivity index (χ0n) is 19.4. The number of nitrogens with one attached hydrogen (secondary N) is 1. The lowest BCUT2D eigenvalue weighted by Crippen LogP contribution is -2.38. The highest BCUT2D eigenvalue weighted by Crippen LogP contribution is 2.24. The first-order chi connectivity index (χ1) is 15.6. The molecule has 0 saturated heterocycles. The van der Waals surface area contributed by atoms with Crippen LogP contribution in [0.4, 0.5) is 0 Å². The number of aromatic nitrogens is 3. The van der Waals surface area contributed by atoms with E-state index in [1.165, 1.54) is 23.0 Å². The number of fused-ring (bicyclic) bond motifs is 1. The van der Waals surface area contributed by atoms with Crippen LogP contribution in [0.2, 0.25) is 0 Å². The number of esters is 1. The molecule has 0 radical (unpaired) electrons. The number of hydrogen-bond acceptors (Lipinski definition) is 7. The molecule has 1 N–H and O–H groups in total. The Morgan fingerprint density at radius 2 is 1.94 bits per heavy atom. The van der Waals surface area contributed by atoms with Gasteiger partial charge >= 0.3 is 11.7 Å². The van der Waals surface area contributed by atoms with Crippen molar-refractivity contribution in [1.82, 2.24) is 19.4 Å². The van der Waals surface area contributed by atoms with Crippen molar-refractivity contribution in [2.75, 3.05) is 6.61 Å². The minimum absolute atomic E-state index is 0.0553. The van der Waals surface area contributed by atoms with Crippen LogP contribution in [0.3, 0.4) is 0 Å². The van der Waals surface area contributed by atoms with Crippen molar-refractivity contribution in [1.29, 1.82) is 0 Å². The molecule has 33 heavy (non-hydrogen) atoms. The molecule has 0 aromatic carbocycles. The molecule has 1 atom stereocenters. The summed E-state index contributed by atoms with van der Waals surface area (Å²) in [5, 5.41) is 5.20. The lowest BCUT2D eigenvalue weighted by atomic mass is 9.99. The molecule has 0 spiro atoms. The first kappa shape index (κ1) is 24.4. The Bertz CT molecular complexity index is 1310. The molecule has 0 unspecified atom stereocenters. The molecule has 3 aromatic heterocycles. The van der Waals surface area contributed by atoms with E-state index in [1.54, 1.807) is 20.9 Å². The Kier molecular flexibility index (Phi) is 7.47. The molecule has 0 aliphatic heterocycles. The Hall–Kier alpha value is -3.27. The summed E-state index contributed by atoms with van der Waals surface area (Å²) >= 11 is 1.46. The highest BCUT2D eigenvalue weighted by molar-refractivity contribution is 7.10. The van der Waals surface area contributed by atoms with Crippen molar-refractivity contribution in [2.24, 2.45) is 14.1 Å². The summed E-state index contributed by atoms with van der Waals surface area (Å²) in [7, 11) is 3.02. The number of ether oxygens (including phenoxy) is 1. The second-order valence-electron chi connectivity index (χ2n) is 7.85. The summed E-state index contributed by atoms with van der Waals surface area (Å²) in [5.41, 5.74) is 1.66. The molecule has 0 bridgehead atoms. The van der Waals surface area contributed by atoms with Gasteiger partial charge in [-0.1, -0.05) is 6.07 Å². The normalized spacial score (nSPS) is 12.0. The zero-order chi connectivity index (χ0) is 24.3. The second kappa shape index (κ2) is 10.1. The SMILES string of the molecule is CCOC(=O)C[C@H](NC(=O)CCc1c(C)nc2c(c1C)c(=O)n(C)c(=O)n2C)c1cccs1. The predicted octanol–water partition coefficient (Wildman–Crippen LogP) is 2.05. The third-order valence-corrected chi connectivity index (χ3v) is 6.66. The zero-order valence-corrected chi connectivity index (χ0v) is 20.2. The van der Waals surface area contributed by atoms with Crippen LogP contribution in [-0.4, -0.2) is 32.6 Å². The largest absolute Gasteiger partial charge is 0.466 e. The van der Waals surface area contributed by atoms with Gasteiger partial charge < -0.3 is 10.1 Å². The van der Waals surface area contributed by atoms with Gasteiger partial charge in [0.1, 0.15) is 5.65 Å². The molecule has 176 valence electrons. The van der Waals surface area contributed by atoms with Gasteiger partial charge in [0, 0.05) is 31.1 Å². The molecule has 9 nitrogen and oxygen atoms in total. The number of carbonyl (C=O) groups is 2. The van der Waals surface area contributed by atoms with E-state index in [0.717, 1.165) is 15.0 Å². The molecule has 0 aliphatic rings. The van der Waals surface area contributed by atoms with Gasteiger partial charge in [0.15, 0.2) is 0 Å². The average molecular weight is 473 g/mol. The molecule has 3 aromatic rings. The predicted molar refractivity (Wildman–Crippen MR) is 126 cm³/mol. The third-order valence-electron chi connectivity index (χ3n) is 5.67. The van der Waals surface area contributed by atoms with Crippen molar-refractivity contribution in [3.05, 3.63) is 60.0 Å². The van der Waals surface area contributed by atoms with Crippen molar-refractivity contribution in [3.8, 4) is 0 Å². The number of rotatable bonds is 8. The van der Waals surface area contributed by atoms with Crippen LogP contribution in [0.15, 0.2) is 27.1 Å². The lowest BCUT2D eigenvalue weighted by molar-refractivity contribution is -0.143. The summed E-state index contributed by atoms with van der Waals surface area (Å²) in [6.45, 7) is 5.63. The Labute approximate surface area is 195 Å². The first-order valence-electron chi connectivity index (χ1n) is 10.7. The summed E-state index contributed by atoms with van der Waals surface area (Å²) in [6.07, 6.45) is 0.584. The number of amides is 1. The second-order valence-corrected chi connectivity index (χ2v) is 8.83. The van der Waals surface area contributed by atoms with Gasteiger partial charge in [0.05, 0.1) is 24.5 Å². The number of nitrogens with zero attached hydrogens (tertiary/aromatic N) is 3. The maximum absolute atomic E-state index is 12.8. The van der Waals surface area contributed by atoms with Gasteiger partial charge in [0.2, 0.25) is 5.91 Å². The Morgan fingerprint density at radius 3 is 2.58 bits per heavy atom. The number of hydrogen-bond donors (Lipinski definition) is 1. The van der Waals surface area contributed by atoms with Crippen molar-refractivity contribution < 1.29 is 14.3 Å².